The van der Waals surface area contributed by atoms with E-state index in [0.717, 1.165) is 99.8 Å². The maximum Gasteiger partial charge on any atom is 0.346 e. The normalized spacial score (nSPS) is 12.1. The molecule has 0 atom stereocenters. The van der Waals surface area contributed by atoms with Gasteiger partial charge in [-0.25, -0.2) is 14.8 Å². The molecule has 6 heterocycles. The van der Waals surface area contributed by atoms with Crippen LogP contribution in [0, 0.1) is 32.1 Å². The minimum Gasteiger partial charge on any atom is -0.477 e. The van der Waals surface area contributed by atoms with Gasteiger partial charge in [-0.3, -0.25) is 0 Å². The van der Waals surface area contributed by atoms with Gasteiger partial charge >= 0.3 is 5.97 Å². The smallest absolute Gasteiger partial charge is 0.346 e. The molecule has 4 aromatic carbocycles. The summed E-state index contributed by atoms with van der Waals surface area (Å²) in [5.74, 6) is -1.24. The Hall–Kier alpha value is -8.12. The Labute approximate surface area is 368 Å². The number of carbonyl (C=O) groups is 1. The van der Waals surface area contributed by atoms with Crippen LogP contribution in [-0.2, 0) is 4.79 Å². The molecule has 0 saturated heterocycles. The van der Waals surface area contributed by atoms with Gasteiger partial charge in [-0.15, -0.1) is 11.3 Å². The van der Waals surface area contributed by atoms with Gasteiger partial charge in [-0.2, -0.15) is 5.26 Å². The molecule has 10 rings (SSSR count). The number of carboxylic acids is 1. The maximum atomic E-state index is 11.5. The topological polar surface area (TPSA) is 118 Å². The van der Waals surface area contributed by atoms with Gasteiger partial charge < -0.3 is 15.1 Å². The lowest BCUT2D eigenvalue weighted by molar-refractivity contribution is -0.132. The van der Waals surface area contributed by atoms with Crippen LogP contribution in [0.5, 0.6) is 0 Å². The van der Waals surface area contributed by atoms with Gasteiger partial charge in [0.05, 0.1) is 22.8 Å². The molecule has 7 nitrogen and oxygen atoms in total. The molecule has 4 aromatic heterocycles. The fourth-order valence-corrected chi connectivity index (χ4v) is 9.21. The standard InChI is InChI=1S/C55H39N5O2S/c1-32-4-10-36(11-5-32)51-42-21-23-44(57-42)52(37-12-6-33(2)7-13-37)46-25-27-48(59-46)54(39-18-16-35(17-19-39)50-29-20-41(63-50)30-40(31-56)55(61)62)49-28-26-47(60-49)53(45-24-22-43(51)58-45)38-14-8-34(3)9-15-38/h4-30,57,60H,1-3H3,(H,61,62)/b40-30+,51-42?,51-43?,52-44?,52-46?,53-45?,53-47?,54-48?,54-49?. The zero-order valence-electron chi connectivity index (χ0n) is 34.7. The van der Waals surface area contributed by atoms with Crippen molar-refractivity contribution >= 4 is 69.8 Å². The van der Waals surface area contributed by atoms with Gasteiger partial charge in [-0.1, -0.05) is 114 Å². The Morgan fingerprint density at radius 2 is 0.841 bits per heavy atom. The number of fused-ring (bicyclic) bond motifs is 8. The zero-order chi connectivity index (χ0) is 43.2. The van der Waals surface area contributed by atoms with Crippen molar-refractivity contribution in [3.8, 4) is 61.0 Å². The number of nitrogens with zero attached hydrogens (tertiary/aromatic N) is 3. The highest BCUT2D eigenvalue weighted by atomic mass is 32.1. The van der Waals surface area contributed by atoms with Gasteiger partial charge in [0.25, 0.3) is 0 Å². The number of carboxylic acid groups (broad SMARTS) is 1. The summed E-state index contributed by atoms with van der Waals surface area (Å²) in [6.07, 6.45) is 9.85. The van der Waals surface area contributed by atoms with Crippen LogP contribution in [0.25, 0.3) is 107 Å². The van der Waals surface area contributed by atoms with E-state index in [1.807, 2.05) is 12.1 Å². The highest BCUT2D eigenvalue weighted by Crippen LogP contribution is 2.39. The molecule has 0 amide bonds. The lowest BCUT2D eigenvalue weighted by Gasteiger charge is -2.08. The van der Waals surface area contributed by atoms with E-state index in [1.165, 1.54) is 34.1 Å². The van der Waals surface area contributed by atoms with Crippen molar-refractivity contribution in [3.63, 3.8) is 0 Å². The first-order valence-corrected chi connectivity index (χ1v) is 21.4. The second kappa shape index (κ2) is 16.1. The predicted molar refractivity (Wildman–Crippen MR) is 259 cm³/mol. The maximum absolute atomic E-state index is 11.5. The van der Waals surface area contributed by atoms with Crippen LogP contribution in [-0.4, -0.2) is 31.0 Å². The van der Waals surface area contributed by atoms with Crippen LogP contribution in [0.4, 0.5) is 0 Å². The number of hydrogen-bond acceptors (Lipinski definition) is 5. The molecular weight excluding hydrogens is 795 g/mol. The van der Waals surface area contributed by atoms with Crippen LogP contribution >= 0.6 is 11.3 Å². The number of aryl methyl sites for hydroxylation is 3. The minimum atomic E-state index is -1.24. The number of rotatable bonds is 7. The summed E-state index contributed by atoms with van der Waals surface area (Å²) in [5.41, 5.74) is 19.4. The number of benzene rings is 4. The molecule has 3 N–H and O–H groups in total. The third-order valence-electron chi connectivity index (χ3n) is 11.5. The summed E-state index contributed by atoms with van der Waals surface area (Å²) >= 11 is 1.43. The number of thiophene rings is 1. The fourth-order valence-electron chi connectivity index (χ4n) is 8.25. The summed E-state index contributed by atoms with van der Waals surface area (Å²) < 4.78 is 0. The second-order valence-electron chi connectivity index (χ2n) is 15.9. The van der Waals surface area contributed by atoms with E-state index in [-0.39, 0.29) is 5.57 Å². The number of nitriles is 1. The van der Waals surface area contributed by atoms with Crippen molar-refractivity contribution in [1.82, 2.24) is 19.9 Å². The third kappa shape index (κ3) is 7.52. The van der Waals surface area contributed by atoms with E-state index in [0.29, 0.717) is 4.88 Å². The molecule has 302 valence electrons. The first-order chi connectivity index (χ1) is 30.7. The molecule has 0 unspecified atom stereocenters. The predicted octanol–water partition coefficient (Wildman–Crippen LogP) is 14.0. The molecule has 8 aromatic rings. The SMILES string of the molecule is Cc1ccc(-c2c3nc(c(-c4ccc(C)cc4)c4ccc([nH]4)c(-c4ccc(-c5ccc(/C=C(\C#N)C(=O)O)s5)cc4)c4nc(c(-c5ccc(C)cc5)c5ccc2[nH]5)C=C4)C=C3)cc1. The van der Waals surface area contributed by atoms with Crippen LogP contribution in [0.3, 0.4) is 0 Å². The third-order valence-corrected chi connectivity index (χ3v) is 12.6. The fraction of sp³-hybridized carbons (Fsp3) is 0.0545. The first-order valence-electron chi connectivity index (χ1n) is 20.6. The van der Waals surface area contributed by atoms with E-state index in [2.05, 4.69) is 176 Å². The average Bonchev–Trinajstić information content (AvgIpc) is 4.16. The molecule has 0 aliphatic carbocycles. The zero-order valence-corrected chi connectivity index (χ0v) is 35.5. The second-order valence-corrected chi connectivity index (χ2v) is 17.0. The largest absolute Gasteiger partial charge is 0.477 e. The Kier molecular flexibility index (Phi) is 9.95. The minimum absolute atomic E-state index is 0.302. The lowest BCUT2D eigenvalue weighted by atomic mass is 10.0. The van der Waals surface area contributed by atoms with Crippen molar-refractivity contribution in [2.45, 2.75) is 20.8 Å². The summed E-state index contributed by atoms with van der Waals surface area (Å²) in [6, 6.07) is 48.3. The molecule has 8 heteroatoms. The molecule has 0 radical (unpaired) electrons. The average molecular weight is 834 g/mol. The summed E-state index contributed by atoms with van der Waals surface area (Å²) in [5, 5.41) is 18.7. The lowest BCUT2D eigenvalue weighted by Crippen LogP contribution is -1.96. The number of aromatic nitrogens is 4. The molecule has 2 aliphatic rings. The molecule has 2 aliphatic heterocycles. The highest BCUT2D eigenvalue weighted by Gasteiger charge is 2.19. The van der Waals surface area contributed by atoms with Crippen LogP contribution in [0.1, 0.15) is 44.3 Å². The van der Waals surface area contributed by atoms with E-state index in [9.17, 15) is 15.2 Å². The van der Waals surface area contributed by atoms with Gasteiger partial charge in [0.15, 0.2) is 0 Å². The Morgan fingerprint density at radius 1 is 0.508 bits per heavy atom. The molecule has 8 bridgehead atoms. The van der Waals surface area contributed by atoms with Crippen molar-refractivity contribution in [1.29, 1.82) is 5.26 Å². The quantitative estimate of drug-likeness (QED) is 0.109. The van der Waals surface area contributed by atoms with Gasteiger partial charge in [-0.05, 0) is 115 Å². The number of H-pyrrole nitrogens is 2. The summed E-state index contributed by atoms with van der Waals surface area (Å²) in [4.78, 5) is 31.7. The van der Waals surface area contributed by atoms with Crippen LogP contribution in [0.15, 0.2) is 139 Å². The van der Waals surface area contributed by atoms with Crippen molar-refractivity contribution in [3.05, 3.63) is 183 Å². The Morgan fingerprint density at radius 3 is 1.17 bits per heavy atom. The number of nitrogens with one attached hydrogen (secondary N) is 2. The van der Waals surface area contributed by atoms with Crippen molar-refractivity contribution in [2.75, 3.05) is 0 Å². The molecule has 0 spiro atoms. The molecule has 63 heavy (non-hydrogen) atoms. The van der Waals surface area contributed by atoms with E-state index in [1.54, 1.807) is 6.07 Å². The van der Waals surface area contributed by atoms with Gasteiger partial charge in [0, 0.05) is 54.1 Å². The van der Waals surface area contributed by atoms with Crippen molar-refractivity contribution < 1.29 is 9.90 Å². The number of hydrogen-bond donors (Lipinski definition) is 3. The van der Waals surface area contributed by atoms with Crippen LogP contribution < -0.4 is 0 Å². The van der Waals surface area contributed by atoms with E-state index in [4.69, 9.17) is 9.97 Å². The summed E-state index contributed by atoms with van der Waals surface area (Å²) in [7, 11) is 0. The Balaban J connectivity index is 1.26. The number of aliphatic carboxylic acids is 1. The van der Waals surface area contributed by atoms with Gasteiger partial charge in [0.2, 0.25) is 0 Å². The summed E-state index contributed by atoms with van der Waals surface area (Å²) in [6.45, 7) is 6.30. The first kappa shape index (κ1) is 39.0. The molecular formula is C55H39N5O2S. The monoisotopic (exact) mass is 833 g/mol. The number of aromatic amines is 2. The van der Waals surface area contributed by atoms with Gasteiger partial charge in [0.1, 0.15) is 11.6 Å². The van der Waals surface area contributed by atoms with Crippen molar-refractivity contribution in [2.24, 2.45) is 0 Å². The molecule has 0 saturated carbocycles. The Bertz CT molecular complexity index is 3380. The molecule has 0 fully saturated rings. The highest BCUT2D eigenvalue weighted by molar-refractivity contribution is 7.16. The van der Waals surface area contributed by atoms with E-state index < -0.39 is 5.97 Å². The van der Waals surface area contributed by atoms with E-state index >= 15 is 0 Å². The van der Waals surface area contributed by atoms with Crippen LogP contribution in [0.2, 0.25) is 0 Å².